The van der Waals surface area contributed by atoms with Gasteiger partial charge in [0.15, 0.2) is 0 Å². The molecule has 1 N–H and O–H groups in total. The number of aromatic hydroxyl groups is 1. The third-order valence-corrected chi connectivity index (χ3v) is 9.07. The van der Waals surface area contributed by atoms with Crippen molar-refractivity contribution in [2.75, 3.05) is 13.2 Å². The van der Waals surface area contributed by atoms with Gasteiger partial charge in [-0.05, 0) is 54.0 Å². The van der Waals surface area contributed by atoms with Gasteiger partial charge in [-0.25, -0.2) is 4.79 Å². The topological polar surface area (TPSA) is 69.9 Å². The predicted octanol–water partition coefficient (Wildman–Crippen LogP) is 13.4. The number of nitrogens with zero attached hydrogens (tertiary/aromatic N) is 1. The molecule has 0 saturated heterocycles. The van der Waals surface area contributed by atoms with E-state index < -0.39 is 5.97 Å². The molecule has 0 unspecified atom stereocenters. The summed E-state index contributed by atoms with van der Waals surface area (Å²) in [5.74, 6) is 0.768. The number of ether oxygens (including phenoxy) is 2. The molecular weight excluding hydrogens is 782 g/mol. The summed E-state index contributed by atoms with van der Waals surface area (Å²) in [7, 11) is 0. The van der Waals surface area contributed by atoms with E-state index in [1.54, 1.807) is 18.2 Å². The van der Waals surface area contributed by atoms with E-state index in [1.165, 1.54) is 11.1 Å². The van der Waals surface area contributed by atoms with Gasteiger partial charge in [0.05, 0.1) is 6.61 Å². The number of esters is 1. The first-order valence-corrected chi connectivity index (χ1v) is 19.4. The Labute approximate surface area is 360 Å². The summed E-state index contributed by atoms with van der Waals surface area (Å²) in [5, 5.41) is 16.2. The first-order valence-electron chi connectivity index (χ1n) is 19.4. The molecule has 6 aromatic carbocycles. The van der Waals surface area contributed by atoms with Crippen molar-refractivity contribution in [2.24, 2.45) is 0 Å². The van der Waals surface area contributed by atoms with Crippen molar-refractivity contribution in [3.8, 4) is 22.6 Å². The van der Waals surface area contributed by atoms with Crippen molar-refractivity contribution in [1.29, 1.82) is 0 Å². The third kappa shape index (κ3) is 14.7. The van der Waals surface area contributed by atoms with Crippen molar-refractivity contribution in [3.63, 3.8) is 0 Å². The van der Waals surface area contributed by atoms with E-state index in [0.717, 1.165) is 46.3 Å². The average Bonchev–Trinajstić information content (AvgIpc) is 3.21. The zero-order valence-corrected chi connectivity index (χ0v) is 36.5. The minimum absolute atomic E-state index is 0. The first-order chi connectivity index (χ1) is 27.1. The molecule has 5 nitrogen and oxygen atoms in total. The van der Waals surface area contributed by atoms with E-state index in [-0.39, 0.29) is 44.1 Å². The second-order valence-electron chi connectivity index (χ2n) is 14.1. The van der Waals surface area contributed by atoms with Crippen molar-refractivity contribution in [2.45, 2.75) is 65.9 Å². The van der Waals surface area contributed by atoms with Crippen LogP contribution < -0.4 is 4.74 Å². The molecule has 6 heteroatoms. The van der Waals surface area contributed by atoms with Crippen molar-refractivity contribution in [3.05, 3.63) is 204 Å². The quantitative estimate of drug-likeness (QED) is 0.0714. The minimum Gasteiger partial charge on any atom is -0.684 e. The minimum atomic E-state index is -0.573. The maximum atomic E-state index is 12.9. The standard InChI is InChI=1S/C37H42NO4.2C7H7.Zr/c1-6-27-19-20-34(41-22-12-21-38-35-29(25(2)3)15-10-16-30(35)26(4)5)33(23-27)31-17-11-18-32(36(31)39)37(40)42-24-28-13-8-7-9-14-28;2*1-7-5-3-2-4-6-7;/h7-11,13-20,23,25-26H,6,12,21-22,24H2,1-5H3,(H,39,40);2*2-6H,1H2;/q3*-1;+3. The van der Waals surface area contributed by atoms with E-state index in [1.807, 2.05) is 109 Å². The Balaban J connectivity index is 0.000000484. The number of hydrogen-bond donors (Lipinski definition) is 1. The van der Waals surface area contributed by atoms with Crippen LogP contribution >= 0.6 is 0 Å². The second kappa shape index (κ2) is 24.4. The van der Waals surface area contributed by atoms with Crippen molar-refractivity contribution < 1.29 is 45.6 Å². The number of hydrogen-bond acceptors (Lipinski definition) is 4. The van der Waals surface area contributed by atoms with Gasteiger partial charge in [-0.15, -0.1) is 36.5 Å². The normalized spacial score (nSPS) is 10.3. The smallest absolute Gasteiger partial charge is 0.684 e. The first kappa shape index (κ1) is 46.2. The van der Waals surface area contributed by atoms with Crippen LogP contribution in [0.2, 0.25) is 0 Å². The molecule has 0 saturated carbocycles. The van der Waals surface area contributed by atoms with Crippen molar-refractivity contribution in [1.82, 2.24) is 0 Å². The van der Waals surface area contributed by atoms with Crippen LogP contribution in [0.3, 0.4) is 0 Å². The zero-order valence-electron chi connectivity index (χ0n) is 34.1. The van der Waals surface area contributed by atoms with Crippen LogP contribution in [0, 0.1) is 13.8 Å². The molecule has 0 bridgehead atoms. The summed E-state index contributed by atoms with van der Waals surface area (Å²) in [5.41, 5.74) is 9.19. The molecule has 0 atom stereocenters. The molecule has 1 radical (unpaired) electrons. The summed E-state index contributed by atoms with van der Waals surface area (Å²) in [6.45, 7) is 19.6. The van der Waals surface area contributed by atoms with Gasteiger partial charge in [-0.2, -0.15) is 49.2 Å². The summed E-state index contributed by atoms with van der Waals surface area (Å²) in [4.78, 5) is 12.9. The molecule has 0 aliphatic heterocycles. The van der Waals surface area contributed by atoms with Crippen molar-refractivity contribution >= 4 is 11.7 Å². The molecule has 0 aromatic heterocycles. The Bertz CT molecular complexity index is 2000. The number of phenolic OH excluding ortho intramolecular Hbond substituents is 1. The molecule has 0 heterocycles. The number of aryl methyl sites for hydroxylation is 1. The third-order valence-electron chi connectivity index (χ3n) is 9.07. The number of phenols is 1. The number of benzene rings is 6. The fourth-order valence-electron chi connectivity index (χ4n) is 5.95. The molecule has 0 amide bonds. The van der Waals surface area contributed by atoms with Crippen LogP contribution in [0.1, 0.15) is 96.6 Å². The number of para-hydroxylation sites is 2. The van der Waals surface area contributed by atoms with Gasteiger partial charge in [-0.1, -0.05) is 125 Å². The van der Waals surface area contributed by atoms with Crippen LogP contribution in [0.5, 0.6) is 11.5 Å². The van der Waals surface area contributed by atoms with E-state index in [9.17, 15) is 9.90 Å². The molecule has 6 rings (SSSR count). The maximum absolute atomic E-state index is 12.9. The zero-order chi connectivity index (χ0) is 40.3. The monoisotopic (exact) mass is 836 g/mol. The Morgan fingerprint density at radius 2 is 1.21 bits per heavy atom. The molecule has 293 valence electrons. The molecule has 57 heavy (non-hydrogen) atoms. The van der Waals surface area contributed by atoms with Gasteiger partial charge in [0, 0.05) is 11.1 Å². The van der Waals surface area contributed by atoms with Crippen LogP contribution in [-0.2, 0) is 44.0 Å². The van der Waals surface area contributed by atoms with Crippen LogP contribution in [0.25, 0.3) is 16.4 Å². The van der Waals surface area contributed by atoms with E-state index in [0.29, 0.717) is 36.3 Å². The van der Waals surface area contributed by atoms with E-state index in [2.05, 4.69) is 66.7 Å². The van der Waals surface area contributed by atoms with Gasteiger partial charge in [0.2, 0.25) is 0 Å². The molecular formula is C51H56NO4Zr. The van der Waals surface area contributed by atoms with E-state index >= 15 is 0 Å². The summed E-state index contributed by atoms with van der Waals surface area (Å²) in [6.07, 6.45) is 1.58. The van der Waals surface area contributed by atoms with E-state index in [4.69, 9.17) is 14.8 Å². The predicted molar refractivity (Wildman–Crippen MR) is 233 cm³/mol. The molecule has 0 aliphatic rings. The largest absolute Gasteiger partial charge is 3.00 e. The van der Waals surface area contributed by atoms with Crippen LogP contribution in [-0.4, -0.2) is 24.2 Å². The van der Waals surface area contributed by atoms with Crippen LogP contribution in [0.15, 0.2) is 146 Å². The summed E-state index contributed by atoms with van der Waals surface area (Å²) >= 11 is 0. The van der Waals surface area contributed by atoms with Gasteiger partial charge in [0.25, 0.3) is 0 Å². The molecule has 0 spiro atoms. The number of carbonyl (C=O) groups excluding carboxylic acids is 1. The average molecular weight is 838 g/mol. The molecule has 0 fully saturated rings. The fraction of sp³-hybridized carbons (Fsp3) is 0.235. The Morgan fingerprint density at radius 1 is 0.667 bits per heavy atom. The maximum Gasteiger partial charge on any atom is 3.00 e. The Hall–Kier alpha value is -5.19. The second-order valence-corrected chi connectivity index (χ2v) is 14.1. The SMILES string of the molecule is CCc1ccc(OCCC[N-]c2c(C(C)C)cccc2C(C)C)c(-c2cccc(C(=O)OCc3ccccc3)c2O)c1.[CH2-]c1ccccc1.[CH2-]c1ccccc1.[Zr+3]. The van der Waals surface area contributed by atoms with Crippen LogP contribution in [0.4, 0.5) is 5.69 Å². The molecule has 6 aromatic rings. The summed E-state index contributed by atoms with van der Waals surface area (Å²) < 4.78 is 11.8. The Kier molecular flexibility index (Phi) is 19.8. The van der Waals surface area contributed by atoms with Gasteiger partial charge in [0.1, 0.15) is 23.7 Å². The summed E-state index contributed by atoms with van der Waals surface area (Å²) in [6, 6.07) is 46.8. The van der Waals surface area contributed by atoms with Gasteiger partial charge >= 0.3 is 32.2 Å². The van der Waals surface area contributed by atoms with Gasteiger partial charge < -0.3 is 19.9 Å². The van der Waals surface area contributed by atoms with Gasteiger partial charge in [-0.3, -0.25) is 0 Å². The molecule has 0 aliphatic carbocycles. The fourth-order valence-corrected chi connectivity index (χ4v) is 5.95. The number of rotatable bonds is 13. The Morgan fingerprint density at radius 3 is 1.72 bits per heavy atom. The number of carbonyl (C=O) groups is 1.